The van der Waals surface area contributed by atoms with Crippen LogP contribution in [0.4, 0.5) is 0 Å². The van der Waals surface area contributed by atoms with Crippen molar-refractivity contribution in [2.45, 2.75) is 19.3 Å². The quantitative estimate of drug-likeness (QED) is 0.371. The second-order valence-corrected chi connectivity index (χ2v) is 1.22. The van der Waals surface area contributed by atoms with Crippen LogP contribution in [0.5, 0.6) is 0 Å². The van der Waals surface area contributed by atoms with Crippen LogP contribution in [-0.2, 0) is 19.5 Å². The van der Waals surface area contributed by atoms with Gasteiger partial charge in [0.05, 0.1) is 0 Å². The molecule has 0 spiro atoms. The van der Waals surface area contributed by atoms with E-state index in [4.69, 9.17) is 0 Å². The van der Waals surface area contributed by atoms with Crippen molar-refractivity contribution in [2.75, 3.05) is 0 Å². The standard InChI is InChI=1S/C4H7.ClH.Zn/c1-2-4-3-1;;/h1H,2-4H2;1H;/q-1;;. The molecule has 1 fully saturated rings. The van der Waals surface area contributed by atoms with Gasteiger partial charge < -0.3 is 6.42 Å². The van der Waals surface area contributed by atoms with E-state index in [2.05, 4.69) is 6.42 Å². The maximum Gasteiger partial charge on any atom is 0 e. The van der Waals surface area contributed by atoms with Gasteiger partial charge in [-0.1, -0.05) is 0 Å². The summed E-state index contributed by atoms with van der Waals surface area (Å²) in [6.45, 7) is 0. The van der Waals surface area contributed by atoms with Crippen molar-refractivity contribution in [3.8, 4) is 0 Å². The molecule has 1 saturated carbocycles. The molecule has 0 unspecified atom stereocenters. The summed E-state index contributed by atoms with van der Waals surface area (Å²) >= 11 is 0. The first-order chi connectivity index (χ1) is 2.00. The van der Waals surface area contributed by atoms with Gasteiger partial charge in [-0.05, 0) is 0 Å². The molecule has 1 aliphatic carbocycles. The number of rotatable bonds is 0. The third kappa shape index (κ3) is 3.12. The van der Waals surface area contributed by atoms with Crippen molar-refractivity contribution < 1.29 is 19.5 Å². The zero-order chi connectivity index (χ0) is 2.83. The van der Waals surface area contributed by atoms with Crippen molar-refractivity contribution in [1.29, 1.82) is 0 Å². The fourth-order valence-electron chi connectivity index (χ4n) is 0.204. The molecule has 0 aliphatic heterocycles. The van der Waals surface area contributed by atoms with Crippen molar-refractivity contribution in [3.63, 3.8) is 0 Å². The van der Waals surface area contributed by atoms with Gasteiger partial charge in [0.25, 0.3) is 0 Å². The Morgan fingerprint density at radius 2 is 1.33 bits per heavy atom. The molecule has 6 heavy (non-hydrogen) atoms. The van der Waals surface area contributed by atoms with Crippen LogP contribution in [0.15, 0.2) is 0 Å². The Morgan fingerprint density at radius 1 is 1.17 bits per heavy atom. The minimum Gasteiger partial charge on any atom is -0.329 e. The summed E-state index contributed by atoms with van der Waals surface area (Å²) in [7, 11) is 0. The van der Waals surface area contributed by atoms with Crippen LogP contribution in [0.25, 0.3) is 0 Å². The Kier molecular flexibility index (Phi) is 9.87. The second kappa shape index (κ2) is 5.91. The Labute approximate surface area is 57.9 Å². The molecule has 0 bridgehead atoms. The van der Waals surface area contributed by atoms with E-state index >= 15 is 0 Å². The molecule has 0 amide bonds. The van der Waals surface area contributed by atoms with Crippen LogP contribution >= 0.6 is 12.4 Å². The predicted molar refractivity (Wildman–Crippen MR) is 25.4 cm³/mol. The zero-order valence-corrected chi connectivity index (χ0v) is 7.60. The minimum absolute atomic E-state index is 0. The van der Waals surface area contributed by atoms with E-state index in [1.165, 1.54) is 19.3 Å². The van der Waals surface area contributed by atoms with Gasteiger partial charge in [0.1, 0.15) is 0 Å². The fourth-order valence-corrected chi connectivity index (χ4v) is 0.204. The first kappa shape index (κ1) is 10.0. The predicted octanol–water partition coefficient (Wildman–Crippen LogP) is 1.79. The molecule has 0 nitrogen and oxygen atoms in total. The van der Waals surface area contributed by atoms with Crippen LogP contribution in [0.2, 0.25) is 0 Å². The van der Waals surface area contributed by atoms with Gasteiger partial charge in [-0.3, -0.25) is 0 Å². The third-order valence-corrected chi connectivity index (χ3v) is 0.816. The van der Waals surface area contributed by atoms with Crippen LogP contribution < -0.4 is 0 Å². The SMILES string of the molecule is Cl.[CH-]1CCC1.[Zn]. The monoisotopic (exact) mass is 155 g/mol. The Bertz CT molecular complexity index is 15.5. The number of hydrogen-bond donors (Lipinski definition) is 0. The number of hydrogen-bond acceptors (Lipinski definition) is 0. The third-order valence-electron chi connectivity index (χ3n) is 0.816. The van der Waals surface area contributed by atoms with E-state index in [1.807, 2.05) is 0 Å². The number of halogens is 1. The molecule has 0 aromatic rings. The van der Waals surface area contributed by atoms with Gasteiger partial charge in [0, 0.05) is 19.5 Å². The summed E-state index contributed by atoms with van der Waals surface area (Å²) in [6.07, 6.45) is 6.50. The van der Waals surface area contributed by atoms with Crippen LogP contribution in [0.3, 0.4) is 0 Å². The minimum atomic E-state index is 0. The van der Waals surface area contributed by atoms with Crippen LogP contribution in [0.1, 0.15) is 19.3 Å². The van der Waals surface area contributed by atoms with Crippen LogP contribution in [-0.4, -0.2) is 0 Å². The van der Waals surface area contributed by atoms with E-state index in [1.54, 1.807) is 0 Å². The van der Waals surface area contributed by atoms with E-state index in [9.17, 15) is 0 Å². The molecule has 0 radical (unpaired) electrons. The summed E-state index contributed by atoms with van der Waals surface area (Å²) in [5.41, 5.74) is 0. The largest absolute Gasteiger partial charge is 0.329 e. The Morgan fingerprint density at radius 3 is 1.33 bits per heavy atom. The molecule has 1 rings (SSSR count). The van der Waals surface area contributed by atoms with Gasteiger partial charge in [-0.15, -0.1) is 18.8 Å². The Balaban J connectivity index is 0. The van der Waals surface area contributed by atoms with Crippen molar-refractivity contribution in [3.05, 3.63) is 6.42 Å². The van der Waals surface area contributed by atoms with Crippen molar-refractivity contribution in [2.24, 2.45) is 0 Å². The molecule has 0 atom stereocenters. The van der Waals surface area contributed by atoms with E-state index < -0.39 is 0 Å². The topological polar surface area (TPSA) is 0 Å². The Hall–Kier alpha value is 0.913. The molecule has 0 N–H and O–H groups in total. The molecule has 2 heteroatoms. The molecule has 0 aromatic carbocycles. The smallest absolute Gasteiger partial charge is 0 e. The fraction of sp³-hybridized carbons (Fsp3) is 0.750. The summed E-state index contributed by atoms with van der Waals surface area (Å²) < 4.78 is 0. The molecule has 0 heterocycles. The molecule has 34 valence electrons. The summed E-state index contributed by atoms with van der Waals surface area (Å²) in [6, 6.07) is 0. The summed E-state index contributed by atoms with van der Waals surface area (Å²) in [4.78, 5) is 0. The summed E-state index contributed by atoms with van der Waals surface area (Å²) in [5, 5.41) is 0. The van der Waals surface area contributed by atoms with Crippen LogP contribution in [0, 0.1) is 6.42 Å². The molecular weight excluding hydrogens is 149 g/mol. The van der Waals surface area contributed by atoms with Gasteiger partial charge >= 0.3 is 0 Å². The first-order valence-corrected chi connectivity index (χ1v) is 1.82. The second-order valence-electron chi connectivity index (χ2n) is 1.22. The normalized spacial score (nSPS) is 16.0. The van der Waals surface area contributed by atoms with E-state index in [0.717, 1.165) is 0 Å². The van der Waals surface area contributed by atoms with Gasteiger partial charge in [0.2, 0.25) is 0 Å². The summed E-state index contributed by atoms with van der Waals surface area (Å²) in [5.74, 6) is 0. The van der Waals surface area contributed by atoms with Crippen molar-refractivity contribution in [1.82, 2.24) is 0 Å². The average Bonchev–Trinajstić information content (AvgIpc) is 0.722. The first-order valence-electron chi connectivity index (χ1n) is 1.82. The zero-order valence-electron chi connectivity index (χ0n) is 3.81. The van der Waals surface area contributed by atoms with E-state index in [0.29, 0.717) is 0 Å². The average molecular weight is 157 g/mol. The molecule has 0 saturated heterocycles. The van der Waals surface area contributed by atoms with Gasteiger partial charge in [-0.25, -0.2) is 0 Å². The van der Waals surface area contributed by atoms with E-state index in [-0.39, 0.29) is 31.9 Å². The maximum absolute atomic E-state index is 2.31. The van der Waals surface area contributed by atoms with Gasteiger partial charge in [-0.2, -0.15) is 12.8 Å². The molecule has 1 aliphatic rings. The van der Waals surface area contributed by atoms with Crippen molar-refractivity contribution >= 4 is 12.4 Å². The molecular formula is C4H8ClZn-. The maximum atomic E-state index is 2.31. The van der Waals surface area contributed by atoms with Gasteiger partial charge in [0.15, 0.2) is 0 Å². The molecule has 0 aromatic heterocycles.